The summed E-state index contributed by atoms with van der Waals surface area (Å²) in [6.07, 6.45) is 5.12. The van der Waals surface area contributed by atoms with Crippen LogP contribution in [0.4, 0.5) is 4.39 Å². The number of nitrogens with zero attached hydrogens (tertiary/aromatic N) is 2. The van der Waals surface area contributed by atoms with Gasteiger partial charge in [-0.3, -0.25) is 9.69 Å². The molecule has 166 valence electrons. The van der Waals surface area contributed by atoms with Crippen LogP contribution in [0.5, 0.6) is 5.75 Å². The van der Waals surface area contributed by atoms with Crippen LogP contribution >= 0.6 is 0 Å². The van der Waals surface area contributed by atoms with Crippen molar-refractivity contribution in [2.75, 3.05) is 19.6 Å². The van der Waals surface area contributed by atoms with Crippen molar-refractivity contribution >= 4 is 16.7 Å². The van der Waals surface area contributed by atoms with E-state index in [0.29, 0.717) is 18.7 Å². The molecule has 1 spiro atoms. The number of rotatable bonds is 3. The third kappa shape index (κ3) is 3.97. The minimum Gasteiger partial charge on any atom is -0.507 e. The van der Waals surface area contributed by atoms with Gasteiger partial charge in [-0.1, -0.05) is 36.4 Å². The Morgan fingerprint density at radius 3 is 2.44 bits per heavy atom. The second-order valence-electron chi connectivity index (χ2n) is 9.24. The molecule has 5 heteroatoms. The predicted molar refractivity (Wildman–Crippen MR) is 124 cm³/mol. The number of halogens is 1. The summed E-state index contributed by atoms with van der Waals surface area (Å²) in [5.74, 6) is -0.246. The van der Waals surface area contributed by atoms with Crippen LogP contribution in [-0.2, 0) is 6.54 Å². The number of hydrogen-bond donors (Lipinski definition) is 1. The zero-order valence-corrected chi connectivity index (χ0v) is 18.3. The Hall–Kier alpha value is -2.92. The van der Waals surface area contributed by atoms with Crippen LogP contribution in [0.15, 0.2) is 60.7 Å². The number of hydrogen-bond acceptors (Lipinski definition) is 3. The summed E-state index contributed by atoms with van der Waals surface area (Å²) >= 11 is 0. The highest BCUT2D eigenvalue weighted by Gasteiger charge is 2.42. The smallest absolute Gasteiger partial charge is 0.257 e. The van der Waals surface area contributed by atoms with Gasteiger partial charge in [0.1, 0.15) is 11.6 Å². The molecule has 0 bridgehead atoms. The van der Waals surface area contributed by atoms with E-state index in [2.05, 4.69) is 4.90 Å². The van der Waals surface area contributed by atoms with Crippen LogP contribution < -0.4 is 0 Å². The molecular weight excluding hydrogens is 403 g/mol. The molecule has 3 aromatic carbocycles. The summed E-state index contributed by atoms with van der Waals surface area (Å²) in [7, 11) is 0. The molecule has 4 nitrogen and oxygen atoms in total. The normalized spacial score (nSPS) is 21.8. The van der Waals surface area contributed by atoms with Crippen molar-refractivity contribution in [1.82, 2.24) is 9.80 Å². The molecule has 0 aliphatic carbocycles. The van der Waals surface area contributed by atoms with E-state index in [0.717, 1.165) is 61.5 Å². The van der Waals surface area contributed by atoms with Crippen molar-refractivity contribution < 1.29 is 14.3 Å². The lowest BCUT2D eigenvalue weighted by atomic mass is 9.87. The number of likely N-dealkylation sites (tertiary alicyclic amines) is 2. The molecule has 32 heavy (non-hydrogen) atoms. The van der Waals surface area contributed by atoms with Gasteiger partial charge in [-0.15, -0.1) is 0 Å². The van der Waals surface area contributed by atoms with E-state index in [4.69, 9.17) is 0 Å². The molecule has 1 atom stereocenters. The zero-order chi connectivity index (χ0) is 22.1. The molecule has 2 heterocycles. The SMILES string of the molecule is O=C(c1cc2ccccc2cc1O)N1CCCC2(CCCN2Cc2cccc(F)c2)CC1. The fourth-order valence-electron chi connectivity index (χ4n) is 5.61. The number of carbonyl (C=O) groups excluding carboxylic acids is 1. The van der Waals surface area contributed by atoms with E-state index in [-0.39, 0.29) is 23.0 Å². The molecule has 2 aliphatic heterocycles. The average molecular weight is 433 g/mol. The molecule has 3 aromatic rings. The maximum absolute atomic E-state index is 13.7. The first-order chi connectivity index (χ1) is 15.5. The second kappa shape index (κ2) is 8.55. The van der Waals surface area contributed by atoms with Gasteiger partial charge in [0, 0.05) is 25.2 Å². The Morgan fingerprint density at radius 1 is 0.906 bits per heavy atom. The van der Waals surface area contributed by atoms with E-state index < -0.39 is 0 Å². The topological polar surface area (TPSA) is 43.8 Å². The van der Waals surface area contributed by atoms with Crippen LogP contribution in [0.25, 0.3) is 10.8 Å². The van der Waals surface area contributed by atoms with E-state index in [1.165, 1.54) is 6.07 Å². The Labute approximate surface area is 188 Å². The first-order valence-corrected chi connectivity index (χ1v) is 11.5. The van der Waals surface area contributed by atoms with Crippen LogP contribution in [0.2, 0.25) is 0 Å². The van der Waals surface area contributed by atoms with E-state index in [1.807, 2.05) is 35.2 Å². The van der Waals surface area contributed by atoms with Gasteiger partial charge in [0.25, 0.3) is 5.91 Å². The molecule has 5 rings (SSSR count). The van der Waals surface area contributed by atoms with Crippen molar-refractivity contribution in [3.63, 3.8) is 0 Å². The predicted octanol–water partition coefficient (Wildman–Crippen LogP) is 5.35. The number of carbonyl (C=O) groups is 1. The summed E-state index contributed by atoms with van der Waals surface area (Å²) < 4.78 is 13.7. The first kappa shape index (κ1) is 21.0. The Kier molecular flexibility index (Phi) is 5.60. The summed E-state index contributed by atoms with van der Waals surface area (Å²) in [5.41, 5.74) is 1.44. The maximum atomic E-state index is 13.7. The average Bonchev–Trinajstić information content (AvgIpc) is 3.03. The van der Waals surface area contributed by atoms with Crippen LogP contribution in [-0.4, -0.2) is 46.0 Å². The van der Waals surface area contributed by atoms with Crippen molar-refractivity contribution in [3.8, 4) is 5.75 Å². The van der Waals surface area contributed by atoms with E-state index in [9.17, 15) is 14.3 Å². The van der Waals surface area contributed by atoms with Gasteiger partial charge >= 0.3 is 0 Å². The molecular formula is C27H29FN2O2. The van der Waals surface area contributed by atoms with Gasteiger partial charge < -0.3 is 10.0 Å². The second-order valence-corrected chi connectivity index (χ2v) is 9.24. The molecule has 0 saturated carbocycles. The summed E-state index contributed by atoms with van der Waals surface area (Å²) in [6, 6.07) is 18.1. The van der Waals surface area contributed by atoms with Crippen LogP contribution in [0.3, 0.4) is 0 Å². The Balaban J connectivity index is 1.33. The lowest BCUT2D eigenvalue weighted by Gasteiger charge is -2.38. The quantitative estimate of drug-likeness (QED) is 0.607. The monoisotopic (exact) mass is 432 g/mol. The number of fused-ring (bicyclic) bond motifs is 1. The van der Waals surface area contributed by atoms with Crippen molar-refractivity contribution in [1.29, 1.82) is 0 Å². The highest BCUT2D eigenvalue weighted by molar-refractivity contribution is 6.01. The minimum absolute atomic E-state index is 0.0428. The number of amides is 1. The van der Waals surface area contributed by atoms with Gasteiger partial charge in [-0.05, 0) is 79.3 Å². The molecule has 1 N–H and O–H groups in total. The van der Waals surface area contributed by atoms with Crippen molar-refractivity contribution in [2.45, 2.75) is 44.2 Å². The number of aromatic hydroxyl groups is 1. The molecule has 0 aromatic heterocycles. The maximum Gasteiger partial charge on any atom is 0.257 e. The third-order valence-corrected chi connectivity index (χ3v) is 7.30. The number of benzene rings is 3. The molecule has 2 aliphatic rings. The summed E-state index contributed by atoms with van der Waals surface area (Å²) in [6.45, 7) is 3.12. The molecule has 1 amide bonds. The van der Waals surface area contributed by atoms with E-state index >= 15 is 0 Å². The molecule has 1 unspecified atom stereocenters. The first-order valence-electron chi connectivity index (χ1n) is 11.5. The third-order valence-electron chi connectivity index (χ3n) is 7.30. The lowest BCUT2D eigenvalue weighted by Crippen LogP contribution is -2.44. The number of phenols is 1. The Morgan fingerprint density at radius 2 is 1.66 bits per heavy atom. The van der Waals surface area contributed by atoms with Crippen LogP contribution in [0, 0.1) is 5.82 Å². The van der Waals surface area contributed by atoms with Gasteiger partial charge in [-0.25, -0.2) is 4.39 Å². The fraction of sp³-hybridized carbons (Fsp3) is 0.370. The van der Waals surface area contributed by atoms with Crippen molar-refractivity contribution in [3.05, 3.63) is 77.6 Å². The van der Waals surface area contributed by atoms with E-state index in [1.54, 1.807) is 24.3 Å². The molecule has 2 fully saturated rings. The van der Waals surface area contributed by atoms with Gasteiger partial charge in [0.15, 0.2) is 0 Å². The lowest BCUT2D eigenvalue weighted by molar-refractivity contribution is 0.0735. The summed E-state index contributed by atoms with van der Waals surface area (Å²) in [5, 5.41) is 12.4. The summed E-state index contributed by atoms with van der Waals surface area (Å²) in [4.78, 5) is 17.7. The van der Waals surface area contributed by atoms with Gasteiger partial charge in [0.05, 0.1) is 5.56 Å². The fourth-order valence-corrected chi connectivity index (χ4v) is 5.61. The van der Waals surface area contributed by atoms with Crippen molar-refractivity contribution in [2.24, 2.45) is 0 Å². The minimum atomic E-state index is -0.191. The molecule has 2 saturated heterocycles. The molecule has 0 radical (unpaired) electrons. The van der Waals surface area contributed by atoms with Gasteiger partial charge in [-0.2, -0.15) is 0 Å². The highest BCUT2D eigenvalue weighted by atomic mass is 19.1. The zero-order valence-electron chi connectivity index (χ0n) is 18.3. The standard InChI is InChI=1S/C27H29FN2O2/c28-23-9-3-6-20(16-23)19-30-14-5-11-27(30)10-4-13-29(15-12-27)26(32)24-17-21-7-1-2-8-22(21)18-25(24)31/h1-3,6-9,16-18,31H,4-5,10-15,19H2. The largest absolute Gasteiger partial charge is 0.507 e. The number of phenolic OH excluding ortho intramolecular Hbond substituents is 1. The van der Waals surface area contributed by atoms with Crippen LogP contribution in [0.1, 0.15) is 48.0 Å². The Bertz CT molecular complexity index is 1150. The highest BCUT2D eigenvalue weighted by Crippen LogP contribution is 2.40. The van der Waals surface area contributed by atoms with Gasteiger partial charge in [0.2, 0.25) is 0 Å².